The van der Waals surface area contributed by atoms with Gasteiger partial charge in [0.15, 0.2) is 0 Å². The lowest BCUT2D eigenvalue weighted by Gasteiger charge is -2.28. The van der Waals surface area contributed by atoms with Crippen LogP contribution in [0.3, 0.4) is 0 Å². The van der Waals surface area contributed by atoms with E-state index >= 15 is 0 Å². The van der Waals surface area contributed by atoms with Crippen molar-refractivity contribution in [2.75, 3.05) is 12.3 Å². The van der Waals surface area contributed by atoms with Gasteiger partial charge in [-0.25, -0.2) is 0 Å². The average molecular weight is 463 g/mol. The smallest absolute Gasteiger partial charge is 0.242 e. The van der Waals surface area contributed by atoms with Crippen molar-refractivity contribution in [3.63, 3.8) is 0 Å². The van der Waals surface area contributed by atoms with Gasteiger partial charge in [-0.05, 0) is 50.6 Å². The zero-order valence-electron chi connectivity index (χ0n) is 16.6. The zero-order valence-corrected chi connectivity index (χ0v) is 19.0. The number of nitrogens with zero attached hydrogens (tertiary/aromatic N) is 1. The number of carbonyl (C=O) groups excluding carboxylic acids is 2. The molecular formula is C22H27BrN2O2S. The standard InChI is InChI=1S/C22H27BrN2O2S/c1-4-24-22(27)17(3)25(15-18-7-9-19(23)10-8-18)21(26)13-14-28-20-11-5-16(2)6-12-20/h5-12,17H,4,13-15H2,1-3H3,(H,24,27). The molecule has 0 saturated heterocycles. The predicted molar refractivity (Wildman–Crippen MR) is 119 cm³/mol. The number of hydrogen-bond donors (Lipinski definition) is 1. The topological polar surface area (TPSA) is 49.4 Å². The number of likely N-dealkylation sites (N-methyl/N-ethyl adjacent to an activating group) is 1. The molecule has 6 heteroatoms. The number of aryl methyl sites for hydroxylation is 1. The molecule has 0 aliphatic rings. The van der Waals surface area contributed by atoms with Crippen LogP contribution in [-0.2, 0) is 16.1 Å². The second kappa shape index (κ2) is 11.3. The summed E-state index contributed by atoms with van der Waals surface area (Å²) in [5.74, 6) is 0.543. The predicted octanol–water partition coefficient (Wildman–Crippen LogP) is 4.79. The molecule has 4 nitrogen and oxygen atoms in total. The number of amides is 2. The Morgan fingerprint density at radius 3 is 2.36 bits per heavy atom. The fourth-order valence-corrected chi connectivity index (χ4v) is 3.83. The van der Waals surface area contributed by atoms with E-state index in [2.05, 4.69) is 52.4 Å². The van der Waals surface area contributed by atoms with Crippen LogP contribution in [0, 0.1) is 6.92 Å². The first kappa shape index (κ1) is 22.5. The number of hydrogen-bond acceptors (Lipinski definition) is 3. The van der Waals surface area contributed by atoms with Crippen molar-refractivity contribution in [1.29, 1.82) is 0 Å². The molecule has 0 saturated carbocycles. The van der Waals surface area contributed by atoms with E-state index in [-0.39, 0.29) is 11.8 Å². The molecular weight excluding hydrogens is 436 g/mol. The van der Waals surface area contributed by atoms with Gasteiger partial charge in [0.2, 0.25) is 11.8 Å². The highest BCUT2D eigenvalue weighted by atomic mass is 79.9. The minimum absolute atomic E-state index is 0.0127. The van der Waals surface area contributed by atoms with E-state index in [1.165, 1.54) is 5.56 Å². The number of halogens is 1. The largest absolute Gasteiger partial charge is 0.355 e. The molecule has 2 aromatic rings. The van der Waals surface area contributed by atoms with E-state index in [0.717, 1.165) is 14.9 Å². The summed E-state index contributed by atoms with van der Waals surface area (Å²) >= 11 is 5.09. The molecule has 1 N–H and O–H groups in total. The fraction of sp³-hybridized carbons (Fsp3) is 0.364. The highest BCUT2D eigenvalue weighted by Gasteiger charge is 2.25. The van der Waals surface area contributed by atoms with Gasteiger partial charge in [-0.3, -0.25) is 9.59 Å². The Hall–Kier alpha value is -1.79. The Bertz CT molecular complexity index is 778. The Balaban J connectivity index is 2.03. The normalized spacial score (nSPS) is 11.7. The molecule has 2 aromatic carbocycles. The molecule has 0 aliphatic heterocycles. The highest BCUT2D eigenvalue weighted by molar-refractivity contribution is 9.10. The first-order valence-corrected chi connectivity index (χ1v) is 11.2. The lowest BCUT2D eigenvalue weighted by atomic mass is 10.1. The molecule has 0 aliphatic carbocycles. The third-order valence-corrected chi connectivity index (χ3v) is 5.93. The van der Waals surface area contributed by atoms with Gasteiger partial charge in [-0.2, -0.15) is 0 Å². The van der Waals surface area contributed by atoms with Crippen LogP contribution in [0.25, 0.3) is 0 Å². The summed E-state index contributed by atoms with van der Waals surface area (Å²) < 4.78 is 0.986. The summed E-state index contributed by atoms with van der Waals surface area (Å²) in [7, 11) is 0. The van der Waals surface area contributed by atoms with Crippen molar-refractivity contribution in [1.82, 2.24) is 10.2 Å². The van der Waals surface area contributed by atoms with Crippen LogP contribution in [0.2, 0.25) is 0 Å². The number of benzene rings is 2. The molecule has 0 radical (unpaired) electrons. The summed E-state index contributed by atoms with van der Waals surface area (Å²) in [5.41, 5.74) is 2.22. The van der Waals surface area contributed by atoms with E-state index in [4.69, 9.17) is 0 Å². The highest BCUT2D eigenvalue weighted by Crippen LogP contribution is 2.21. The number of nitrogens with one attached hydrogen (secondary N) is 1. The average Bonchev–Trinajstić information content (AvgIpc) is 2.68. The van der Waals surface area contributed by atoms with Crippen LogP contribution in [-0.4, -0.2) is 35.1 Å². The van der Waals surface area contributed by atoms with E-state index in [1.807, 2.05) is 31.2 Å². The summed E-state index contributed by atoms with van der Waals surface area (Å²) in [4.78, 5) is 28.1. The van der Waals surface area contributed by atoms with Crippen LogP contribution < -0.4 is 5.32 Å². The molecule has 0 heterocycles. The molecule has 1 atom stereocenters. The van der Waals surface area contributed by atoms with E-state index < -0.39 is 6.04 Å². The van der Waals surface area contributed by atoms with E-state index in [9.17, 15) is 9.59 Å². The maximum atomic E-state index is 12.9. The van der Waals surface area contributed by atoms with Gasteiger partial charge in [0.25, 0.3) is 0 Å². The van der Waals surface area contributed by atoms with Gasteiger partial charge in [0.1, 0.15) is 6.04 Å². The van der Waals surface area contributed by atoms with Crippen molar-refractivity contribution in [3.8, 4) is 0 Å². The van der Waals surface area contributed by atoms with Crippen LogP contribution in [0.4, 0.5) is 0 Å². The number of thioether (sulfide) groups is 1. The molecule has 2 amide bonds. The van der Waals surface area contributed by atoms with Crippen LogP contribution in [0.15, 0.2) is 57.9 Å². The summed E-state index contributed by atoms with van der Waals surface area (Å²) in [6.45, 7) is 6.69. The Labute approximate surface area is 180 Å². The van der Waals surface area contributed by atoms with Crippen molar-refractivity contribution >= 4 is 39.5 Å². The van der Waals surface area contributed by atoms with Crippen molar-refractivity contribution < 1.29 is 9.59 Å². The third kappa shape index (κ3) is 6.99. The molecule has 28 heavy (non-hydrogen) atoms. The summed E-state index contributed by atoms with van der Waals surface area (Å²) in [6, 6.07) is 15.6. The van der Waals surface area contributed by atoms with Gasteiger partial charge in [0, 0.05) is 34.6 Å². The van der Waals surface area contributed by atoms with Crippen LogP contribution >= 0.6 is 27.7 Å². The van der Waals surface area contributed by atoms with Crippen LogP contribution in [0.1, 0.15) is 31.4 Å². The monoisotopic (exact) mass is 462 g/mol. The fourth-order valence-electron chi connectivity index (χ4n) is 2.73. The molecule has 0 spiro atoms. The molecule has 150 valence electrons. The SMILES string of the molecule is CCNC(=O)C(C)N(Cc1ccc(Br)cc1)C(=O)CCSc1ccc(C)cc1. The van der Waals surface area contributed by atoms with Crippen molar-refractivity contribution in [2.45, 2.75) is 44.7 Å². The van der Waals surface area contributed by atoms with E-state index in [0.29, 0.717) is 25.3 Å². The van der Waals surface area contributed by atoms with Crippen molar-refractivity contribution in [3.05, 3.63) is 64.1 Å². The second-order valence-corrected chi connectivity index (χ2v) is 8.71. The zero-order chi connectivity index (χ0) is 20.5. The van der Waals surface area contributed by atoms with Gasteiger partial charge in [-0.15, -0.1) is 11.8 Å². The van der Waals surface area contributed by atoms with Crippen LogP contribution in [0.5, 0.6) is 0 Å². The molecule has 0 aromatic heterocycles. The van der Waals surface area contributed by atoms with Gasteiger partial charge >= 0.3 is 0 Å². The lowest BCUT2D eigenvalue weighted by Crippen LogP contribution is -2.47. The third-order valence-electron chi connectivity index (χ3n) is 4.39. The Morgan fingerprint density at radius 2 is 1.75 bits per heavy atom. The molecule has 2 rings (SSSR count). The maximum absolute atomic E-state index is 12.9. The summed E-state index contributed by atoms with van der Waals surface area (Å²) in [5, 5.41) is 2.82. The van der Waals surface area contributed by atoms with Gasteiger partial charge in [-0.1, -0.05) is 45.8 Å². The Kier molecular flexibility index (Phi) is 9.06. The molecule has 1 unspecified atom stereocenters. The first-order valence-electron chi connectivity index (χ1n) is 9.41. The van der Waals surface area contributed by atoms with Gasteiger partial charge < -0.3 is 10.2 Å². The van der Waals surface area contributed by atoms with Crippen molar-refractivity contribution in [2.24, 2.45) is 0 Å². The number of rotatable bonds is 9. The quantitative estimate of drug-likeness (QED) is 0.544. The van der Waals surface area contributed by atoms with Gasteiger partial charge in [0.05, 0.1) is 0 Å². The minimum Gasteiger partial charge on any atom is -0.355 e. The minimum atomic E-state index is -0.513. The molecule has 0 fully saturated rings. The second-order valence-electron chi connectivity index (χ2n) is 6.63. The first-order chi connectivity index (χ1) is 13.4. The summed E-state index contributed by atoms with van der Waals surface area (Å²) in [6.07, 6.45) is 0.388. The van der Waals surface area contributed by atoms with E-state index in [1.54, 1.807) is 23.6 Å². The Morgan fingerprint density at radius 1 is 1.11 bits per heavy atom. The lowest BCUT2D eigenvalue weighted by molar-refractivity contribution is -0.140. The molecule has 0 bridgehead atoms. The maximum Gasteiger partial charge on any atom is 0.242 e. The number of carbonyl (C=O) groups is 2.